The molecule has 0 aliphatic rings. The van der Waals surface area contributed by atoms with E-state index in [0.717, 1.165) is 16.0 Å². The third-order valence-corrected chi connectivity index (χ3v) is 4.49. The molecule has 2 aromatic rings. The second-order valence-corrected chi connectivity index (χ2v) is 6.02. The van der Waals surface area contributed by atoms with E-state index in [1.807, 2.05) is 32.0 Å². The van der Waals surface area contributed by atoms with E-state index in [-0.39, 0.29) is 5.82 Å². The van der Waals surface area contributed by atoms with Crippen LogP contribution >= 0.6 is 0 Å². The van der Waals surface area contributed by atoms with Crippen LogP contribution < -0.4 is 5.73 Å². The zero-order chi connectivity index (χ0) is 14.0. The van der Waals surface area contributed by atoms with Crippen molar-refractivity contribution >= 4 is 16.5 Å². The van der Waals surface area contributed by atoms with Crippen LogP contribution in [-0.2, 0) is 16.6 Å². The summed E-state index contributed by atoms with van der Waals surface area (Å²) in [7, 11) is -1.17. The lowest BCUT2D eigenvalue weighted by atomic mass is 10.2. The Hall–Kier alpha value is -1.68. The fourth-order valence-corrected chi connectivity index (χ4v) is 3.31. The minimum absolute atomic E-state index is 0.302. The van der Waals surface area contributed by atoms with Gasteiger partial charge in [0.15, 0.2) is 0 Å². The predicted molar refractivity (Wildman–Crippen MR) is 76.8 cm³/mol. The van der Waals surface area contributed by atoms with Gasteiger partial charge in [-0.15, -0.1) is 0 Å². The normalized spacial score (nSPS) is 12.4. The van der Waals surface area contributed by atoms with Gasteiger partial charge in [0.2, 0.25) is 0 Å². The minimum atomic E-state index is -1.17. The van der Waals surface area contributed by atoms with E-state index in [9.17, 15) is 8.60 Å². The zero-order valence-electron chi connectivity index (χ0n) is 10.9. The second kappa shape index (κ2) is 5.53. The van der Waals surface area contributed by atoms with E-state index in [1.54, 1.807) is 6.07 Å². The van der Waals surface area contributed by atoms with Gasteiger partial charge in [-0.2, -0.15) is 0 Å². The van der Waals surface area contributed by atoms with Gasteiger partial charge in [0.25, 0.3) is 0 Å². The highest BCUT2D eigenvalue weighted by Gasteiger charge is 2.10. The number of hydrogen-bond acceptors (Lipinski definition) is 2. The molecule has 19 heavy (non-hydrogen) atoms. The number of hydrogen-bond donors (Lipinski definition) is 1. The molecule has 0 saturated carbocycles. The Morgan fingerprint density at radius 1 is 1.16 bits per heavy atom. The van der Waals surface area contributed by atoms with Crippen molar-refractivity contribution in [2.45, 2.75) is 24.5 Å². The lowest BCUT2D eigenvalue weighted by Gasteiger charge is -2.09. The summed E-state index contributed by atoms with van der Waals surface area (Å²) in [5.41, 5.74) is 8.93. The third-order valence-electron chi connectivity index (χ3n) is 2.97. The SMILES string of the molecule is Cc1ccc(S(=O)Cc2ccc(F)cc2N)c(C)c1. The molecule has 0 heterocycles. The van der Waals surface area contributed by atoms with E-state index in [0.29, 0.717) is 17.0 Å². The van der Waals surface area contributed by atoms with Crippen LogP contribution in [0.4, 0.5) is 10.1 Å². The maximum atomic E-state index is 13.0. The van der Waals surface area contributed by atoms with Crippen molar-refractivity contribution in [3.63, 3.8) is 0 Å². The number of halogens is 1. The quantitative estimate of drug-likeness (QED) is 0.874. The fourth-order valence-electron chi connectivity index (χ4n) is 1.97. The van der Waals surface area contributed by atoms with Gasteiger partial charge in [-0.3, -0.25) is 4.21 Å². The topological polar surface area (TPSA) is 43.1 Å². The molecule has 100 valence electrons. The van der Waals surface area contributed by atoms with Crippen molar-refractivity contribution in [1.29, 1.82) is 0 Å². The first-order valence-electron chi connectivity index (χ1n) is 5.97. The van der Waals surface area contributed by atoms with E-state index < -0.39 is 10.8 Å². The van der Waals surface area contributed by atoms with Gasteiger partial charge in [-0.05, 0) is 43.2 Å². The van der Waals surface area contributed by atoms with Gasteiger partial charge in [-0.1, -0.05) is 23.8 Å². The Bertz CT molecular complexity index is 640. The molecule has 0 spiro atoms. The molecule has 4 heteroatoms. The van der Waals surface area contributed by atoms with Crippen molar-refractivity contribution in [3.8, 4) is 0 Å². The Kier molecular flexibility index (Phi) is 4.00. The third kappa shape index (κ3) is 3.20. The molecule has 1 atom stereocenters. The van der Waals surface area contributed by atoms with Gasteiger partial charge in [0, 0.05) is 10.6 Å². The molecule has 0 fully saturated rings. The summed E-state index contributed by atoms with van der Waals surface area (Å²) in [4.78, 5) is 0.800. The van der Waals surface area contributed by atoms with Crippen molar-refractivity contribution in [2.75, 3.05) is 5.73 Å². The van der Waals surface area contributed by atoms with E-state index in [2.05, 4.69) is 0 Å². The highest BCUT2D eigenvalue weighted by Crippen LogP contribution is 2.21. The minimum Gasteiger partial charge on any atom is -0.398 e. The maximum absolute atomic E-state index is 13.0. The number of benzene rings is 2. The summed E-state index contributed by atoms with van der Waals surface area (Å²) in [5.74, 6) is -0.0747. The van der Waals surface area contributed by atoms with Crippen LogP contribution in [0.15, 0.2) is 41.3 Å². The molecule has 1 unspecified atom stereocenters. The summed E-state index contributed by atoms with van der Waals surface area (Å²) in [6, 6.07) is 10.0. The van der Waals surface area contributed by atoms with Crippen LogP contribution in [-0.4, -0.2) is 4.21 Å². The molecule has 0 aliphatic heterocycles. The first kappa shape index (κ1) is 13.7. The average molecular weight is 277 g/mol. The fraction of sp³-hybridized carbons (Fsp3) is 0.200. The number of nitrogen functional groups attached to an aromatic ring is 1. The molecule has 2 nitrogen and oxygen atoms in total. The van der Waals surface area contributed by atoms with Crippen LogP contribution in [0.25, 0.3) is 0 Å². The Balaban J connectivity index is 2.25. The number of anilines is 1. The van der Waals surface area contributed by atoms with Gasteiger partial charge < -0.3 is 5.73 Å². The van der Waals surface area contributed by atoms with Crippen LogP contribution in [0.3, 0.4) is 0 Å². The van der Waals surface area contributed by atoms with Crippen molar-refractivity contribution < 1.29 is 8.60 Å². The highest BCUT2D eigenvalue weighted by molar-refractivity contribution is 7.84. The Morgan fingerprint density at radius 3 is 2.53 bits per heavy atom. The van der Waals surface area contributed by atoms with Crippen molar-refractivity contribution in [2.24, 2.45) is 0 Å². The average Bonchev–Trinajstić information content (AvgIpc) is 2.32. The predicted octanol–water partition coefficient (Wildman–Crippen LogP) is 3.33. The Labute approximate surface area is 114 Å². The standard InChI is InChI=1S/C15H16FNOS/c1-10-3-6-15(11(2)7-10)19(18)9-12-4-5-13(16)8-14(12)17/h3-8H,9,17H2,1-2H3. The van der Waals surface area contributed by atoms with E-state index >= 15 is 0 Å². The molecule has 2 aromatic carbocycles. The van der Waals surface area contributed by atoms with E-state index in [4.69, 9.17) is 5.73 Å². The van der Waals surface area contributed by atoms with Crippen LogP contribution in [0.2, 0.25) is 0 Å². The number of rotatable bonds is 3. The molecule has 0 aromatic heterocycles. The largest absolute Gasteiger partial charge is 0.398 e. The second-order valence-electron chi connectivity index (χ2n) is 4.60. The van der Waals surface area contributed by atoms with Crippen LogP contribution in [0, 0.1) is 19.7 Å². The molecule has 2 rings (SSSR count). The molecule has 0 bridgehead atoms. The van der Waals surface area contributed by atoms with Crippen molar-refractivity contribution in [1.82, 2.24) is 0 Å². The number of nitrogens with two attached hydrogens (primary N) is 1. The summed E-state index contributed by atoms with van der Waals surface area (Å²) >= 11 is 0. The first-order valence-corrected chi connectivity index (χ1v) is 7.29. The molecule has 0 aliphatic carbocycles. The van der Waals surface area contributed by atoms with Crippen molar-refractivity contribution in [3.05, 3.63) is 58.9 Å². The lowest BCUT2D eigenvalue weighted by Crippen LogP contribution is -2.02. The molecular formula is C15H16FNOS. The maximum Gasteiger partial charge on any atom is 0.125 e. The first-order chi connectivity index (χ1) is 8.97. The molecular weight excluding hydrogens is 261 g/mol. The smallest absolute Gasteiger partial charge is 0.125 e. The summed E-state index contributed by atoms with van der Waals surface area (Å²) in [6.45, 7) is 3.94. The van der Waals surface area contributed by atoms with Crippen LogP contribution in [0.5, 0.6) is 0 Å². The summed E-state index contributed by atoms with van der Waals surface area (Å²) in [6.07, 6.45) is 0. The molecule has 0 saturated heterocycles. The summed E-state index contributed by atoms with van der Waals surface area (Å²) in [5, 5.41) is 0. The van der Waals surface area contributed by atoms with Gasteiger partial charge >= 0.3 is 0 Å². The zero-order valence-corrected chi connectivity index (χ0v) is 11.8. The molecule has 0 radical (unpaired) electrons. The van der Waals surface area contributed by atoms with Gasteiger partial charge in [0.05, 0.1) is 16.6 Å². The summed E-state index contributed by atoms with van der Waals surface area (Å²) < 4.78 is 25.3. The van der Waals surface area contributed by atoms with Gasteiger partial charge in [-0.25, -0.2) is 4.39 Å². The lowest BCUT2D eigenvalue weighted by molar-refractivity contribution is 0.628. The highest BCUT2D eigenvalue weighted by atomic mass is 32.2. The Morgan fingerprint density at radius 2 is 1.89 bits per heavy atom. The van der Waals surface area contributed by atoms with Gasteiger partial charge in [0.1, 0.15) is 5.82 Å². The van der Waals surface area contributed by atoms with Crippen LogP contribution in [0.1, 0.15) is 16.7 Å². The monoisotopic (exact) mass is 277 g/mol. The molecule has 2 N–H and O–H groups in total. The number of aryl methyl sites for hydroxylation is 2. The molecule has 0 amide bonds. The van der Waals surface area contributed by atoms with E-state index in [1.165, 1.54) is 12.1 Å².